The Morgan fingerprint density at radius 1 is 1.04 bits per heavy atom. The Kier molecular flexibility index (Phi) is 4.56. The quantitative estimate of drug-likeness (QED) is 0.844. The van der Waals surface area contributed by atoms with Gasteiger partial charge in [-0.15, -0.1) is 0 Å². The number of anilines is 1. The number of hydrogen-bond donors (Lipinski definition) is 0. The monoisotopic (exact) mass is 358 g/mol. The van der Waals surface area contributed by atoms with Gasteiger partial charge in [-0.05, 0) is 39.0 Å². The first-order valence-electron chi connectivity index (χ1n) is 8.40. The minimum atomic E-state index is -3.77. The minimum Gasteiger partial charge on any atom is -0.342 e. The molecule has 0 aliphatic carbocycles. The van der Waals surface area contributed by atoms with E-state index >= 15 is 0 Å². The van der Waals surface area contributed by atoms with Gasteiger partial charge in [-0.3, -0.25) is 9.10 Å². The van der Waals surface area contributed by atoms with Crippen molar-refractivity contribution in [2.75, 3.05) is 23.9 Å². The number of likely N-dealkylation sites (N-methyl/N-ethyl adjacent to an activating group) is 1. The average molecular weight is 358 g/mol. The Morgan fingerprint density at radius 3 is 2.40 bits per heavy atom. The molecule has 3 rings (SSSR count). The molecule has 0 aromatic heterocycles. The predicted octanol–water partition coefficient (Wildman–Crippen LogP) is 3.04. The van der Waals surface area contributed by atoms with Crippen LogP contribution in [0.5, 0.6) is 0 Å². The first-order valence-corrected chi connectivity index (χ1v) is 9.84. The Morgan fingerprint density at radius 2 is 1.72 bits per heavy atom. The summed E-state index contributed by atoms with van der Waals surface area (Å²) in [7, 11) is -3.77. The second kappa shape index (κ2) is 6.52. The molecule has 5 nitrogen and oxygen atoms in total. The van der Waals surface area contributed by atoms with Crippen LogP contribution in [0.15, 0.2) is 47.4 Å². The van der Waals surface area contributed by atoms with Crippen LogP contribution >= 0.6 is 0 Å². The Balaban J connectivity index is 2.15. The number of aryl methyl sites for hydroxylation is 1. The lowest BCUT2D eigenvalue weighted by atomic mass is 10.0. The van der Waals surface area contributed by atoms with Gasteiger partial charge in [-0.1, -0.05) is 29.8 Å². The zero-order chi connectivity index (χ0) is 18.2. The SMILES string of the molecule is CCN(CC)C(=O)CN1c2ccc(C)cc2-c2ccccc2S1(=O)=O. The van der Waals surface area contributed by atoms with E-state index in [1.165, 1.54) is 4.31 Å². The lowest BCUT2D eigenvalue weighted by Crippen LogP contribution is -2.44. The molecular formula is C19H22N2O3S. The van der Waals surface area contributed by atoms with Gasteiger partial charge in [0.25, 0.3) is 10.0 Å². The van der Waals surface area contributed by atoms with Gasteiger partial charge in [-0.25, -0.2) is 8.42 Å². The Hall–Kier alpha value is -2.34. The highest BCUT2D eigenvalue weighted by Gasteiger charge is 2.36. The van der Waals surface area contributed by atoms with Crippen LogP contribution in [0.3, 0.4) is 0 Å². The standard InChI is InChI=1S/C19H22N2O3S/c1-4-20(5-2)19(22)13-21-17-11-10-14(3)12-16(17)15-8-6-7-9-18(15)25(21,23)24/h6-12H,4-5,13H2,1-3H3. The molecular weight excluding hydrogens is 336 g/mol. The number of sulfonamides is 1. The number of hydrogen-bond acceptors (Lipinski definition) is 3. The molecule has 1 heterocycles. The Labute approximate surface area is 148 Å². The van der Waals surface area contributed by atoms with Crippen molar-refractivity contribution >= 4 is 21.6 Å². The van der Waals surface area contributed by atoms with Gasteiger partial charge in [0, 0.05) is 24.2 Å². The zero-order valence-corrected chi connectivity index (χ0v) is 15.5. The summed E-state index contributed by atoms with van der Waals surface area (Å²) in [5.74, 6) is -0.195. The van der Waals surface area contributed by atoms with Gasteiger partial charge >= 0.3 is 0 Å². The number of amides is 1. The topological polar surface area (TPSA) is 57.7 Å². The molecule has 2 aromatic carbocycles. The summed E-state index contributed by atoms with van der Waals surface area (Å²) in [5, 5.41) is 0. The van der Waals surface area contributed by atoms with Gasteiger partial charge < -0.3 is 4.90 Å². The summed E-state index contributed by atoms with van der Waals surface area (Å²) in [6.07, 6.45) is 0. The van der Waals surface area contributed by atoms with E-state index in [4.69, 9.17) is 0 Å². The van der Waals surface area contributed by atoms with E-state index in [0.717, 1.165) is 11.1 Å². The van der Waals surface area contributed by atoms with Crippen LogP contribution in [0.25, 0.3) is 11.1 Å². The highest BCUT2D eigenvalue weighted by molar-refractivity contribution is 7.93. The molecule has 2 aromatic rings. The van der Waals surface area contributed by atoms with Crippen LogP contribution in [0.4, 0.5) is 5.69 Å². The van der Waals surface area contributed by atoms with Crippen LogP contribution in [0, 0.1) is 6.92 Å². The van der Waals surface area contributed by atoms with Gasteiger partial charge in [0.15, 0.2) is 0 Å². The molecule has 25 heavy (non-hydrogen) atoms. The van der Waals surface area contributed by atoms with E-state index in [1.807, 2.05) is 45.0 Å². The van der Waals surface area contributed by atoms with Crippen molar-refractivity contribution in [1.82, 2.24) is 4.90 Å². The number of nitrogens with zero attached hydrogens (tertiary/aromatic N) is 2. The smallest absolute Gasteiger partial charge is 0.265 e. The van der Waals surface area contributed by atoms with E-state index in [2.05, 4.69) is 0 Å². The van der Waals surface area contributed by atoms with Gasteiger partial charge in [0.05, 0.1) is 10.6 Å². The summed E-state index contributed by atoms with van der Waals surface area (Å²) in [6, 6.07) is 12.6. The van der Waals surface area contributed by atoms with E-state index in [9.17, 15) is 13.2 Å². The van der Waals surface area contributed by atoms with Crippen molar-refractivity contribution in [3.63, 3.8) is 0 Å². The molecule has 0 spiro atoms. The molecule has 0 saturated carbocycles. The highest BCUT2D eigenvalue weighted by Crippen LogP contribution is 2.43. The molecule has 6 heteroatoms. The first-order chi connectivity index (χ1) is 11.9. The van der Waals surface area contributed by atoms with Crippen LogP contribution in [0.1, 0.15) is 19.4 Å². The summed E-state index contributed by atoms with van der Waals surface area (Å²) >= 11 is 0. The number of carbonyl (C=O) groups excluding carboxylic acids is 1. The van der Waals surface area contributed by atoms with Crippen LogP contribution in [0.2, 0.25) is 0 Å². The molecule has 0 unspecified atom stereocenters. The first kappa shape index (κ1) is 17.5. The fourth-order valence-corrected chi connectivity index (χ4v) is 4.86. The second-order valence-electron chi connectivity index (χ2n) is 6.09. The van der Waals surface area contributed by atoms with Crippen molar-refractivity contribution in [3.8, 4) is 11.1 Å². The molecule has 1 aliphatic heterocycles. The van der Waals surface area contributed by atoms with E-state index in [1.54, 1.807) is 23.1 Å². The summed E-state index contributed by atoms with van der Waals surface area (Å²) in [4.78, 5) is 14.5. The summed E-state index contributed by atoms with van der Waals surface area (Å²) in [5.41, 5.74) is 3.14. The maximum atomic E-state index is 13.1. The molecule has 0 N–H and O–H groups in total. The molecule has 0 bridgehead atoms. The Bertz CT molecular complexity index is 918. The third kappa shape index (κ3) is 2.91. The van der Waals surface area contributed by atoms with Crippen LogP contribution < -0.4 is 4.31 Å². The largest absolute Gasteiger partial charge is 0.342 e. The molecule has 0 radical (unpaired) electrons. The summed E-state index contributed by atoms with van der Waals surface area (Å²) < 4.78 is 27.5. The molecule has 132 valence electrons. The number of rotatable bonds is 4. The lowest BCUT2D eigenvalue weighted by molar-refractivity contribution is -0.129. The number of fused-ring (bicyclic) bond motifs is 3. The third-order valence-corrected chi connectivity index (χ3v) is 6.38. The highest BCUT2D eigenvalue weighted by atomic mass is 32.2. The van der Waals surface area contributed by atoms with Gasteiger partial charge in [0.2, 0.25) is 5.91 Å². The van der Waals surface area contributed by atoms with E-state index < -0.39 is 10.0 Å². The number of carbonyl (C=O) groups is 1. The minimum absolute atomic E-state index is 0.186. The van der Waals surface area contributed by atoms with Crippen molar-refractivity contribution in [2.45, 2.75) is 25.7 Å². The van der Waals surface area contributed by atoms with Crippen molar-refractivity contribution < 1.29 is 13.2 Å². The predicted molar refractivity (Wildman–Crippen MR) is 99.1 cm³/mol. The number of benzene rings is 2. The fraction of sp³-hybridized carbons (Fsp3) is 0.316. The maximum Gasteiger partial charge on any atom is 0.265 e. The lowest BCUT2D eigenvalue weighted by Gasteiger charge is -2.33. The molecule has 1 aliphatic rings. The zero-order valence-electron chi connectivity index (χ0n) is 14.7. The average Bonchev–Trinajstić information content (AvgIpc) is 2.60. The van der Waals surface area contributed by atoms with Gasteiger partial charge in [-0.2, -0.15) is 0 Å². The second-order valence-corrected chi connectivity index (χ2v) is 7.93. The normalized spacial score (nSPS) is 14.6. The van der Waals surface area contributed by atoms with E-state index in [-0.39, 0.29) is 17.3 Å². The van der Waals surface area contributed by atoms with Crippen molar-refractivity contribution in [2.24, 2.45) is 0 Å². The summed E-state index contributed by atoms with van der Waals surface area (Å²) in [6.45, 7) is 6.67. The third-order valence-electron chi connectivity index (χ3n) is 4.56. The fourth-order valence-electron chi connectivity index (χ4n) is 3.21. The van der Waals surface area contributed by atoms with Crippen LogP contribution in [-0.2, 0) is 14.8 Å². The van der Waals surface area contributed by atoms with Gasteiger partial charge in [0.1, 0.15) is 6.54 Å². The molecule has 0 atom stereocenters. The van der Waals surface area contributed by atoms with Crippen molar-refractivity contribution in [3.05, 3.63) is 48.0 Å². The molecule has 0 saturated heterocycles. The van der Waals surface area contributed by atoms with Crippen LogP contribution in [-0.4, -0.2) is 38.9 Å². The maximum absolute atomic E-state index is 13.1. The molecule has 1 amide bonds. The van der Waals surface area contributed by atoms with E-state index in [0.29, 0.717) is 24.3 Å². The molecule has 0 fully saturated rings. The van der Waals surface area contributed by atoms with Crippen molar-refractivity contribution in [1.29, 1.82) is 0 Å².